The van der Waals surface area contributed by atoms with Crippen LogP contribution in [0.15, 0.2) is 54.6 Å². The molecule has 1 aromatic heterocycles. The number of ketones is 1. The van der Waals surface area contributed by atoms with Gasteiger partial charge in [0, 0.05) is 34.3 Å². The average molecular weight is 417 g/mol. The number of carbonyl (C=O) groups excluding carboxylic acids is 1. The lowest BCUT2D eigenvalue weighted by atomic mass is 9.90. The largest absolute Gasteiger partial charge is 0.481 e. The lowest BCUT2D eigenvalue weighted by molar-refractivity contribution is -0.137. The summed E-state index contributed by atoms with van der Waals surface area (Å²) in [6, 6.07) is 9.80. The molecule has 0 radical (unpaired) electrons. The number of alkyl halides is 1. The molecule has 1 fully saturated rings. The highest BCUT2D eigenvalue weighted by atomic mass is 32.1. The highest BCUT2D eigenvalue weighted by molar-refractivity contribution is 7.19. The van der Waals surface area contributed by atoms with Crippen LogP contribution in [-0.4, -0.2) is 28.1 Å². The number of carboxylic acids is 1. The zero-order chi connectivity index (χ0) is 20.8. The Kier molecular flexibility index (Phi) is 7.34. The summed E-state index contributed by atoms with van der Waals surface area (Å²) in [7, 11) is 0. The number of benzene rings is 1. The second-order valence-electron chi connectivity index (χ2n) is 7.39. The number of aliphatic hydroxyl groups is 1. The Morgan fingerprint density at radius 1 is 1.31 bits per heavy atom. The van der Waals surface area contributed by atoms with Crippen LogP contribution in [-0.2, 0) is 9.59 Å². The molecule has 0 saturated heterocycles. The van der Waals surface area contributed by atoms with Crippen LogP contribution in [0.1, 0.15) is 43.1 Å². The van der Waals surface area contributed by atoms with Crippen molar-refractivity contribution in [2.75, 3.05) is 0 Å². The number of Topliss-reactive ketones (excluding diaryl/α,β-unsaturated/α-hetero) is 1. The van der Waals surface area contributed by atoms with Crippen molar-refractivity contribution in [1.82, 2.24) is 0 Å². The van der Waals surface area contributed by atoms with E-state index in [1.165, 1.54) is 11.3 Å². The van der Waals surface area contributed by atoms with Crippen LogP contribution in [0.4, 0.5) is 4.39 Å². The lowest BCUT2D eigenvalue weighted by Crippen LogP contribution is -2.16. The van der Waals surface area contributed by atoms with E-state index < -0.39 is 30.1 Å². The standard InChI is InChI=1S/C23H25FO4S/c24-18-14-20(26)17(16(18)8-3-1-2-4-10-23(27)28)11-12-19(25)22-13-15-7-5-6-9-21(15)29-22/h1,3,5-7,9,11-13,16-19,25H,2,4,8,10,14H2,(H,27,28)/t16-,17-,18?,19-/m1/s1. The third-order valence-corrected chi connectivity index (χ3v) is 6.45. The van der Waals surface area contributed by atoms with E-state index >= 15 is 0 Å². The molecule has 1 aromatic carbocycles. The Labute approximate surface area is 173 Å². The molecule has 4 nitrogen and oxygen atoms in total. The first kappa shape index (κ1) is 21.4. The number of unbranched alkanes of at least 4 members (excludes halogenated alkanes) is 1. The Morgan fingerprint density at radius 2 is 2.10 bits per heavy atom. The Bertz CT molecular complexity index is 883. The molecule has 6 heteroatoms. The molecule has 4 atom stereocenters. The van der Waals surface area contributed by atoms with Gasteiger partial charge in [-0.05, 0) is 36.8 Å². The summed E-state index contributed by atoms with van der Waals surface area (Å²) in [6.07, 6.45) is 6.52. The van der Waals surface area contributed by atoms with E-state index in [4.69, 9.17) is 5.11 Å². The van der Waals surface area contributed by atoms with E-state index in [0.29, 0.717) is 19.3 Å². The quantitative estimate of drug-likeness (QED) is 0.433. The minimum Gasteiger partial charge on any atom is -0.481 e. The number of hydrogen-bond acceptors (Lipinski definition) is 4. The molecule has 29 heavy (non-hydrogen) atoms. The fraction of sp³-hybridized carbons (Fsp3) is 0.391. The van der Waals surface area contributed by atoms with Crippen LogP contribution in [0.25, 0.3) is 10.1 Å². The zero-order valence-corrected chi connectivity index (χ0v) is 16.9. The predicted octanol–water partition coefficient (Wildman–Crippen LogP) is 5.24. The Morgan fingerprint density at radius 3 is 2.86 bits per heavy atom. The number of carbonyl (C=O) groups is 2. The first-order valence-electron chi connectivity index (χ1n) is 9.84. The lowest BCUT2D eigenvalue weighted by Gasteiger charge is -2.15. The number of thiophene rings is 1. The third-order valence-electron chi connectivity index (χ3n) is 5.27. The van der Waals surface area contributed by atoms with Gasteiger partial charge in [-0.3, -0.25) is 9.59 Å². The molecule has 1 aliphatic rings. The monoisotopic (exact) mass is 416 g/mol. The number of allylic oxidation sites excluding steroid dienone is 3. The molecular formula is C23H25FO4S. The SMILES string of the molecule is O=C(O)CCCC=CC[C@H]1C(F)CC(=O)[C@@H]1C=C[C@@H](O)c1cc2ccccc2s1. The summed E-state index contributed by atoms with van der Waals surface area (Å²) in [5, 5.41) is 20.2. The number of hydrogen-bond donors (Lipinski definition) is 2. The first-order chi connectivity index (χ1) is 14.0. The topological polar surface area (TPSA) is 74.6 Å². The first-order valence-corrected chi connectivity index (χ1v) is 10.7. The molecule has 2 aromatic rings. The van der Waals surface area contributed by atoms with Crippen LogP contribution in [0.2, 0.25) is 0 Å². The Balaban J connectivity index is 1.61. The molecule has 154 valence electrons. The highest BCUT2D eigenvalue weighted by Gasteiger charge is 2.40. The number of aliphatic carboxylic acids is 1. The third kappa shape index (κ3) is 5.61. The molecule has 1 heterocycles. The van der Waals surface area contributed by atoms with Gasteiger partial charge in [-0.15, -0.1) is 11.3 Å². The van der Waals surface area contributed by atoms with Crippen molar-refractivity contribution >= 4 is 33.2 Å². The zero-order valence-electron chi connectivity index (χ0n) is 16.0. The summed E-state index contributed by atoms with van der Waals surface area (Å²) >= 11 is 1.50. The van der Waals surface area contributed by atoms with E-state index in [1.54, 1.807) is 12.2 Å². The molecule has 0 amide bonds. The van der Waals surface area contributed by atoms with Crippen LogP contribution < -0.4 is 0 Å². The molecular weight excluding hydrogens is 391 g/mol. The number of fused-ring (bicyclic) bond motifs is 1. The maximum atomic E-state index is 14.3. The normalized spacial score (nSPS) is 23.5. The van der Waals surface area contributed by atoms with Crippen LogP contribution in [0.3, 0.4) is 0 Å². The summed E-state index contributed by atoms with van der Waals surface area (Å²) in [6.45, 7) is 0. The maximum Gasteiger partial charge on any atom is 0.303 e. The van der Waals surface area contributed by atoms with Gasteiger partial charge in [0.2, 0.25) is 0 Å². The van der Waals surface area contributed by atoms with Gasteiger partial charge >= 0.3 is 5.97 Å². The number of carboxylic acid groups (broad SMARTS) is 1. The fourth-order valence-electron chi connectivity index (χ4n) is 3.70. The van der Waals surface area contributed by atoms with Gasteiger partial charge in [-0.1, -0.05) is 42.5 Å². The van der Waals surface area contributed by atoms with Gasteiger partial charge < -0.3 is 10.2 Å². The minimum absolute atomic E-state index is 0.0918. The summed E-state index contributed by atoms with van der Waals surface area (Å²) in [5.74, 6) is -1.95. The fourth-order valence-corrected chi connectivity index (χ4v) is 4.73. The molecule has 0 spiro atoms. The van der Waals surface area contributed by atoms with E-state index in [2.05, 4.69) is 0 Å². The van der Waals surface area contributed by atoms with Crippen LogP contribution >= 0.6 is 11.3 Å². The Hall–Kier alpha value is -2.31. The van der Waals surface area contributed by atoms with E-state index in [9.17, 15) is 19.1 Å². The smallest absolute Gasteiger partial charge is 0.303 e. The van der Waals surface area contributed by atoms with Crippen molar-refractivity contribution in [3.63, 3.8) is 0 Å². The number of aliphatic hydroxyl groups excluding tert-OH is 1. The minimum atomic E-state index is -1.19. The summed E-state index contributed by atoms with van der Waals surface area (Å²) in [4.78, 5) is 23.5. The van der Waals surface area contributed by atoms with E-state index in [1.807, 2.05) is 42.5 Å². The highest BCUT2D eigenvalue weighted by Crippen LogP contribution is 2.37. The number of halogens is 1. The van der Waals surface area contributed by atoms with Gasteiger partial charge in [0.05, 0.1) is 0 Å². The number of rotatable bonds is 9. The molecule has 0 bridgehead atoms. The van der Waals surface area contributed by atoms with Crippen molar-refractivity contribution < 1.29 is 24.2 Å². The van der Waals surface area contributed by atoms with Gasteiger partial charge in [-0.2, -0.15) is 0 Å². The second kappa shape index (κ2) is 9.94. The molecule has 1 saturated carbocycles. The molecule has 2 N–H and O–H groups in total. The van der Waals surface area contributed by atoms with Crippen molar-refractivity contribution in [2.45, 2.75) is 44.4 Å². The molecule has 1 unspecified atom stereocenters. The van der Waals surface area contributed by atoms with Gasteiger partial charge in [-0.25, -0.2) is 4.39 Å². The summed E-state index contributed by atoms with van der Waals surface area (Å²) in [5.41, 5.74) is 0. The van der Waals surface area contributed by atoms with Crippen molar-refractivity contribution in [3.05, 3.63) is 59.5 Å². The second-order valence-corrected chi connectivity index (χ2v) is 8.50. The molecule has 0 aliphatic heterocycles. The van der Waals surface area contributed by atoms with Crippen molar-refractivity contribution in [1.29, 1.82) is 0 Å². The van der Waals surface area contributed by atoms with Crippen molar-refractivity contribution in [2.24, 2.45) is 11.8 Å². The van der Waals surface area contributed by atoms with Gasteiger partial charge in [0.25, 0.3) is 0 Å². The predicted molar refractivity (Wildman–Crippen MR) is 113 cm³/mol. The van der Waals surface area contributed by atoms with Gasteiger partial charge in [0.15, 0.2) is 0 Å². The summed E-state index contributed by atoms with van der Waals surface area (Å²) < 4.78 is 15.4. The van der Waals surface area contributed by atoms with Crippen LogP contribution in [0.5, 0.6) is 0 Å². The van der Waals surface area contributed by atoms with E-state index in [0.717, 1.165) is 15.0 Å². The van der Waals surface area contributed by atoms with Crippen LogP contribution in [0, 0.1) is 11.8 Å². The maximum absolute atomic E-state index is 14.3. The van der Waals surface area contributed by atoms with Gasteiger partial charge in [0.1, 0.15) is 18.1 Å². The van der Waals surface area contributed by atoms with Crippen molar-refractivity contribution in [3.8, 4) is 0 Å². The molecule has 1 aliphatic carbocycles. The average Bonchev–Trinajstić information content (AvgIpc) is 3.23. The van der Waals surface area contributed by atoms with E-state index in [-0.39, 0.29) is 18.6 Å². The molecule has 3 rings (SSSR count).